The molecule has 0 fully saturated rings. The van der Waals surface area contributed by atoms with Crippen LogP contribution in [-0.4, -0.2) is 16.5 Å². The average Bonchev–Trinajstić information content (AvgIpc) is 2.35. The normalized spacial score (nSPS) is 10.3. The smallest absolute Gasteiger partial charge is 0.224 e. The number of benzene rings is 1. The second kappa shape index (κ2) is 5.84. The number of nitrogens with one attached hydrogen (secondary N) is 2. The van der Waals surface area contributed by atoms with Crippen LogP contribution < -0.4 is 10.6 Å². The van der Waals surface area contributed by atoms with Crippen LogP contribution in [0.1, 0.15) is 12.6 Å². The predicted molar refractivity (Wildman–Crippen MR) is 75.6 cm³/mol. The highest BCUT2D eigenvalue weighted by molar-refractivity contribution is 6.31. The molecule has 0 saturated carbocycles. The van der Waals surface area contributed by atoms with Crippen molar-refractivity contribution in [1.29, 1.82) is 0 Å². The standard InChI is InChI=1S/C13H14ClFN4/c1-3-16-13-17-8(2)7-11(19-13)18-10-6-4-5-9(14)12(10)15/h4-7H,3H2,1-2H3,(H2,16,17,18,19). The lowest BCUT2D eigenvalue weighted by atomic mass is 10.3. The van der Waals surface area contributed by atoms with E-state index in [2.05, 4.69) is 20.6 Å². The molecule has 0 atom stereocenters. The Morgan fingerprint density at radius 1 is 1.32 bits per heavy atom. The maximum atomic E-state index is 13.8. The monoisotopic (exact) mass is 280 g/mol. The maximum Gasteiger partial charge on any atom is 0.224 e. The quantitative estimate of drug-likeness (QED) is 0.895. The van der Waals surface area contributed by atoms with Crippen molar-refractivity contribution in [2.45, 2.75) is 13.8 Å². The fourth-order valence-electron chi connectivity index (χ4n) is 1.61. The molecule has 1 heterocycles. The second-order valence-electron chi connectivity index (χ2n) is 3.97. The van der Waals surface area contributed by atoms with Crippen molar-refractivity contribution in [2.75, 3.05) is 17.2 Å². The van der Waals surface area contributed by atoms with Gasteiger partial charge in [0.2, 0.25) is 5.95 Å². The molecule has 19 heavy (non-hydrogen) atoms. The Morgan fingerprint density at radius 3 is 2.84 bits per heavy atom. The molecule has 2 rings (SSSR count). The summed E-state index contributed by atoms with van der Waals surface area (Å²) in [6.45, 7) is 4.52. The van der Waals surface area contributed by atoms with Gasteiger partial charge in [0, 0.05) is 18.3 Å². The molecule has 0 aliphatic carbocycles. The third-order valence-corrected chi connectivity index (χ3v) is 2.70. The molecule has 0 radical (unpaired) electrons. The Labute approximate surface area is 116 Å². The van der Waals surface area contributed by atoms with E-state index in [0.717, 1.165) is 5.69 Å². The molecule has 2 N–H and O–H groups in total. The van der Waals surface area contributed by atoms with Crippen LogP contribution in [0.5, 0.6) is 0 Å². The average molecular weight is 281 g/mol. The van der Waals surface area contributed by atoms with E-state index in [9.17, 15) is 4.39 Å². The van der Waals surface area contributed by atoms with Gasteiger partial charge in [-0.05, 0) is 26.0 Å². The van der Waals surface area contributed by atoms with Gasteiger partial charge in [0.15, 0.2) is 5.82 Å². The lowest BCUT2D eigenvalue weighted by Gasteiger charge is -2.10. The minimum Gasteiger partial charge on any atom is -0.354 e. The number of hydrogen-bond donors (Lipinski definition) is 2. The predicted octanol–water partition coefficient (Wildman–Crippen LogP) is 3.75. The van der Waals surface area contributed by atoms with Crippen molar-refractivity contribution in [3.05, 3.63) is 40.8 Å². The number of aromatic nitrogens is 2. The summed E-state index contributed by atoms with van der Waals surface area (Å²) in [5, 5.41) is 5.99. The summed E-state index contributed by atoms with van der Waals surface area (Å²) in [5.41, 5.74) is 1.07. The van der Waals surface area contributed by atoms with Crippen LogP contribution in [0.2, 0.25) is 5.02 Å². The number of rotatable bonds is 4. The zero-order chi connectivity index (χ0) is 13.8. The first-order valence-electron chi connectivity index (χ1n) is 5.90. The van der Waals surface area contributed by atoms with E-state index in [1.165, 1.54) is 6.07 Å². The summed E-state index contributed by atoms with van der Waals surface area (Å²) in [4.78, 5) is 8.47. The first-order chi connectivity index (χ1) is 9.10. The molecule has 0 unspecified atom stereocenters. The Kier molecular flexibility index (Phi) is 4.16. The van der Waals surface area contributed by atoms with Gasteiger partial charge in [-0.15, -0.1) is 0 Å². The molecule has 1 aromatic heterocycles. The second-order valence-corrected chi connectivity index (χ2v) is 4.38. The van der Waals surface area contributed by atoms with Crippen molar-refractivity contribution >= 4 is 29.1 Å². The zero-order valence-electron chi connectivity index (χ0n) is 10.7. The number of hydrogen-bond acceptors (Lipinski definition) is 4. The summed E-state index contributed by atoms with van der Waals surface area (Å²) >= 11 is 5.73. The Bertz CT molecular complexity index is 589. The van der Waals surface area contributed by atoms with Crippen molar-refractivity contribution in [2.24, 2.45) is 0 Å². The molecule has 4 nitrogen and oxygen atoms in total. The van der Waals surface area contributed by atoms with Crippen molar-refractivity contribution in [3.63, 3.8) is 0 Å². The van der Waals surface area contributed by atoms with Gasteiger partial charge in [-0.1, -0.05) is 17.7 Å². The van der Waals surface area contributed by atoms with E-state index < -0.39 is 5.82 Å². The van der Waals surface area contributed by atoms with E-state index in [4.69, 9.17) is 11.6 Å². The molecule has 100 valence electrons. The van der Waals surface area contributed by atoms with E-state index in [1.54, 1.807) is 18.2 Å². The van der Waals surface area contributed by atoms with Gasteiger partial charge in [-0.25, -0.2) is 9.37 Å². The topological polar surface area (TPSA) is 49.8 Å². The van der Waals surface area contributed by atoms with Gasteiger partial charge in [-0.2, -0.15) is 4.98 Å². The maximum absolute atomic E-state index is 13.8. The lowest BCUT2D eigenvalue weighted by molar-refractivity contribution is 0.632. The molecular formula is C13H14ClFN4. The van der Waals surface area contributed by atoms with Gasteiger partial charge in [0.05, 0.1) is 10.7 Å². The highest BCUT2D eigenvalue weighted by Gasteiger charge is 2.08. The molecule has 0 amide bonds. The summed E-state index contributed by atoms with van der Waals surface area (Å²) in [6.07, 6.45) is 0. The number of aryl methyl sites for hydroxylation is 1. The largest absolute Gasteiger partial charge is 0.354 e. The van der Waals surface area contributed by atoms with E-state index in [0.29, 0.717) is 18.3 Å². The van der Waals surface area contributed by atoms with Crippen LogP contribution in [0.15, 0.2) is 24.3 Å². The van der Waals surface area contributed by atoms with E-state index >= 15 is 0 Å². The molecule has 6 heteroatoms. The molecule has 0 saturated heterocycles. The van der Waals surface area contributed by atoms with Crippen molar-refractivity contribution < 1.29 is 4.39 Å². The van der Waals surface area contributed by atoms with Crippen LogP contribution in [0.4, 0.5) is 21.8 Å². The van der Waals surface area contributed by atoms with Gasteiger partial charge < -0.3 is 10.6 Å². The molecule has 0 spiro atoms. The van der Waals surface area contributed by atoms with Gasteiger partial charge >= 0.3 is 0 Å². The highest BCUT2D eigenvalue weighted by Crippen LogP contribution is 2.25. The summed E-state index contributed by atoms with van der Waals surface area (Å²) in [7, 11) is 0. The SMILES string of the molecule is CCNc1nc(C)cc(Nc2cccc(Cl)c2F)n1. The molecular weight excluding hydrogens is 267 g/mol. The Morgan fingerprint density at radius 2 is 2.11 bits per heavy atom. The number of anilines is 3. The van der Waals surface area contributed by atoms with E-state index in [1.807, 2.05) is 13.8 Å². The number of nitrogens with zero attached hydrogens (tertiary/aromatic N) is 2. The zero-order valence-corrected chi connectivity index (χ0v) is 11.4. The molecule has 1 aromatic carbocycles. The summed E-state index contributed by atoms with van der Waals surface area (Å²) in [6, 6.07) is 6.51. The third-order valence-electron chi connectivity index (χ3n) is 2.40. The summed E-state index contributed by atoms with van der Waals surface area (Å²) in [5.74, 6) is 0.530. The van der Waals surface area contributed by atoms with Gasteiger partial charge in [-0.3, -0.25) is 0 Å². The highest BCUT2D eigenvalue weighted by atomic mass is 35.5. The van der Waals surface area contributed by atoms with Crippen LogP contribution in [0.3, 0.4) is 0 Å². The first kappa shape index (κ1) is 13.5. The molecule has 0 aliphatic heterocycles. The van der Waals surface area contributed by atoms with Crippen LogP contribution >= 0.6 is 11.6 Å². The number of halogens is 2. The molecule has 2 aromatic rings. The Hall–Kier alpha value is -1.88. The van der Waals surface area contributed by atoms with E-state index in [-0.39, 0.29) is 10.7 Å². The van der Waals surface area contributed by atoms with Gasteiger partial charge in [0.1, 0.15) is 5.82 Å². The fraction of sp³-hybridized carbons (Fsp3) is 0.231. The van der Waals surface area contributed by atoms with Crippen molar-refractivity contribution in [3.8, 4) is 0 Å². The molecule has 0 aliphatic rings. The minimum absolute atomic E-state index is 0.0719. The molecule has 0 bridgehead atoms. The van der Waals surface area contributed by atoms with Crippen molar-refractivity contribution in [1.82, 2.24) is 9.97 Å². The first-order valence-corrected chi connectivity index (χ1v) is 6.28. The van der Waals surface area contributed by atoms with Crippen LogP contribution in [0, 0.1) is 12.7 Å². The van der Waals surface area contributed by atoms with Crippen LogP contribution in [-0.2, 0) is 0 Å². The van der Waals surface area contributed by atoms with Gasteiger partial charge in [0.25, 0.3) is 0 Å². The fourth-order valence-corrected chi connectivity index (χ4v) is 1.78. The lowest BCUT2D eigenvalue weighted by Crippen LogP contribution is -2.05. The summed E-state index contributed by atoms with van der Waals surface area (Å²) < 4.78 is 13.8. The van der Waals surface area contributed by atoms with Crippen LogP contribution in [0.25, 0.3) is 0 Å². The Balaban J connectivity index is 2.30. The minimum atomic E-state index is -0.495. The third kappa shape index (κ3) is 3.32.